The van der Waals surface area contributed by atoms with Crippen LogP contribution in [0.4, 0.5) is 0 Å². The first kappa shape index (κ1) is 44.0. The smallest absolute Gasteiger partial charge is 0.00187 e. The van der Waals surface area contributed by atoms with Crippen LogP contribution in [0, 0.1) is 5.92 Å². The summed E-state index contributed by atoms with van der Waals surface area (Å²) in [5.41, 5.74) is 0. The van der Waals surface area contributed by atoms with Crippen LogP contribution in [0.25, 0.3) is 0 Å². The van der Waals surface area contributed by atoms with Gasteiger partial charge >= 0.3 is 0 Å². The van der Waals surface area contributed by atoms with Gasteiger partial charge in [0.25, 0.3) is 0 Å². The molecular weight excluding hydrogens is 530 g/mol. The minimum absolute atomic E-state index is 0.883. The summed E-state index contributed by atoms with van der Waals surface area (Å²) in [4.78, 5) is 2.86. The highest BCUT2D eigenvalue weighted by Crippen LogP contribution is 2.16. The Morgan fingerprint density at radius 1 is 0.273 bits per heavy atom. The normalized spacial score (nSPS) is 11.9. The zero-order valence-corrected chi connectivity index (χ0v) is 31.9. The van der Waals surface area contributed by atoms with E-state index >= 15 is 0 Å². The molecule has 0 bridgehead atoms. The first-order valence-electron chi connectivity index (χ1n) is 21.4. The van der Waals surface area contributed by atoms with E-state index in [0.717, 1.165) is 5.92 Å². The van der Waals surface area contributed by atoms with Crippen molar-refractivity contribution in [1.82, 2.24) is 4.90 Å². The Morgan fingerprint density at radius 3 is 0.705 bits per heavy atom. The average molecular weight is 620 g/mol. The summed E-state index contributed by atoms with van der Waals surface area (Å²) in [5.74, 6) is 0.883. The molecule has 0 fully saturated rings. The van der Waals surface area contributed by atoms with E-state index < -0.39 is 0 Å². The largest absolute Gasteiger partial charge is 0.303 e. The van der Waals surface area contributed by atoms with Crippen LogP contribution in [0.2, 0.25) is 0 Å². The van der Waals surface area contributed by atoms with Gasteiger partial charge in [0, 0.05) is 0 Å². The van der Waals surface area contributed by atoms with Crippen molar-refractivity contribution in [3.8, 4) is 0 Å². The van der Waals surface area contributed by atoms with Gasteiger partial charge < -0.3 is 4.90 Å². The van der Waals surface area contributed by atoms with E-state index in [0.29, 0.717) is 0 Å². The molecule has 0 radical (unpaired) electrons. The third-order valence-corrected chi connectivity index (χ3v) is 10.2. The fourth-order valence-corrected chi connectivity index (χ4v) is 6.99. The van der Waals surface area contributed by atoms with Gasteiger partial charge in [-0.15, -0.1) is 0 Å². The number of hydrogen-bond donors (Lipinski definition) is 0. The number of rotatable bonds is 39. The lowest BCUT2D eigenvalue weighted by molar-refractivity contribution is 0.254. The van der Waals surface area contributed by atoms with Gasteiger partial charge in [0.05, 0.1) is 0 Å². The van der Waals surface area contributed by atoms with Crippen molar-refractivity contribution in [2.45, 2.75) is 252 Å². The highest BCUT2D eigenvalue weighted by atomic mass is 15.1. The Balaban J connectivity index is 3.87. The van der Waals surface area contributed by atoms with Gasteiger partial charge in [-0.1, -0.05) is 233 Å². The molecule has 0 spiro atoms. The Kier molecular flexibility index (Phi) is 39.1. The van der Waals surface area contributed by atoms with Crippen LogP contribution in [0.3, 0.4) is 0 Å². The van der Waals surface area contributed by atoms with Gasteiger partial charge in [-0.2, -0.15) is 0 Å². The molecule has 0 aliphatic heterocycles. The van der Waals surface area contributed by atoms with E-state index in [2.05, 4.69) is 32.6 Å². The van der Waals surface area contributed by atoms with E-state index in [4.69, 9.17) is 0 Å². The molecule has 0 amide bonds. The van der Waals surface area contributed by atoms with Gasteiger partial charge in [0.1, 0.15) is 0 Å². The van der Waals surface area contributed by atoms with Crippen molar-refractivity contribution in [2.24, 2.45) is 5.92 Å². The topological polar surface area (TPSA) is 3.24 Å². The van der Waals surface area contributed by atoms with Crippen molar-refractivity contribution < 1.29 is 0 Å². The minimum atomic E-state index is 0.883. The molecule has 0 saturated heterocycles. The fourth-order valence-electron chi connectivity index (χ4n) is 6.99. The maximum Gasteiger partial charge on any atom is -0.00187 e. The third-order valence-electron chi connectivity index (χ3n) is 10.2. The van der Waals surface area contributed by atoms with E-state index in [9.17, 15) is 0 Å². The standard InChI is InChI=1S/C43H89N/c1-5-7-9-11-13-15-17-19-21-23-25-28-32-36-40-44(42-38-34-30-27-31-35-39-43(3)4)41-37-33-29-26-24-22-20-18-16-14-12-10-8-6-2/h43H,5-42H2,1-4H3. The monoisotopic (exact) mass is 620 g/mol. The molecular formula is C43H89N. The summed E-state index contributed by atoms with van der Waals surface area (Å²) in [6.07, 6.45) is 51.1. The maximum absolute atomic E-state index is 2.86. The molecule has 0 aliphatic carbocycles. The third kappa shape index (κ3) is 38.1. The van der Waals surface area contributed by atoms with Crippen LogP contribution in [0.15, 0.2) is 0 Å². The van der Waals surface area contributed by atoms with Crippen molar-refractivity contribution in [1.29, 1.82) is 0 Å². The van der Waals surface area contributed by atoms with E-state index in [1.807, 2.05) is 0 Å². The SMILES string of the molecule is CCCCCCCCCCCCCCCCN(CCCCCCCCCCCCCCCC)CCCCCCCCC(C)C. The second-order valence-corrected chi connectivity index (χ2v) is 15.3. The minimum Gasteiger partial charge on any atom is -0.303 e. The van der Waals surface area contributed by atoms with Crippen LogP contribution in [-0.4, -0.2) is 24.5 Å². The molecule has 0 atom stereocenters. The lowest BCUT2D eigenvalue weighted by Gasteiger charge is -2.22. The van der Waals surface area contributed by atoms with Crippen LogP contribution >= 0.6 is 0 Å². The Hall–Kier alpha value is -0.0400. The van der Waals surface area contributed by atoms with Gasteiger partial charge in [-0.25, -0.2) is 0 Å². The number of nitrogens with zero attached hydrogens (tertiary/aromatic N) is 1. The molecule has 0 aromatic rings. The average Bonchev–Trinajstić information content (AvgIpc) is 3.02. The molecule has 0 heterocycles. The second-order valence-electron chi connectivity index (χ2n) is 15.3. The molecule has 44 heavy (non-hydrogen) atoms. The molecule has 1 nitrogen and oxygen atoms in total. The molecule has 0 saturated carbocycles. The van der Waals surface area contributed by atoms with E-state index in [-0.39, 0.29) is 0 Å². The van der Waals surface area contributed by atoms with Gasteiger partial charge in [0.2, 0.25) is 0 Å². The second kappa shape index (κ2) is 39.1. The van der Waals surface area contributed by atoms with E-state index in [1.54, 1.807) is 0 Å². The lowest BCUT2D eigenvalue weighted by Crippen LogP contribution is -2.27. The predicted molar refractivity (Wildman–Crippen MR) is 204 cm³/mol. The zero-order valence-electron chi connectivity index (χ0n) is 31.9. The highest BCUT2D eigenvalue weighted by molar-refractivity contribution is 4.61. The molecule has 0 rings (SSSR count). The Morgan fingerprint density at radius 2 is 0.477 bits per heavy atom. The summed E-state index contributed by atoms with van der Waals surface area (Å²) in [6.45, 7) is 13.5. The summed E-state index contributed by atoms with van der Waals surface area (Å²) < 4.78 is 0. The van der Waals surface area contributed by atoms with Gasteiger partial charge in [-0.3, -0.25) is 0 Å². The first-order valence-corrected chi connectivity index (χ1v) is 21.4. The van der Waals surface area contributed by atoms with Crippen LogP contribution in [-0.2, 0) is 0 Å². The number of hydrogen-bond acceptors (Lipinski definition) is 1. The van der Waals surface area contributed by atoms with Crippen LogP contribution in [0.5, 0.6) is 0 Å². The molecule has 0 N–H and O–H groups in total. The predicted octanol–water partition coefficient (Wildman–Crippen LogP) is 15.6. The molecule has 0 aromatic heterocycles. The van der Waals surface area contributed by atoms with Crippen molar-refractivity contribution in [3.63, 3.8) is 0 Å². The number of unbranched alkanes of at least 4 members (excludes halogenated alkanes) is 31. The van der Waals surface area contributed by atoms with Crippen molar-refractivity contribution in [3.05, 3.63) is 0 Å². The Labute approximate surface area is 282 Å². The zero-order chi connectivity index (χ0) is 32.0. The summed E-state index contributed by atoms with van der Waals surface area (Å²) >= 11 is 0. The highest BCUT2D eigenvalue weighted by Gasteiger charge is 2.05. The Bertz CT molecular complexity index is 453. The summed E-state index contributed by atoms with van der Waals surface area (Å²) in [7, 11) is 0. The van der Waals surface area contributed by atoms with Crippen LogP contribution in [0.1, 0.15) is 252 Å². The molecule has 0 aliphatic rings. The quantitative estimate of drug-likeness (QED) is 0.0619. The lowest BCUT2D eigenvalue weighted by atomic mass is 10.0. The maximum atomic E-state index is 2.86. The van der Waals surface area contributed by atoms with Crippen molar-refractivity contribution in [2.75, 3.05) is 19.6 Å². The summed E-state index contributed by atoms with van der Waals surface area (Å²) in [6, 6.07) is 0. The van der Waals surface area contributed by atoms with Gasteiger partial charge in [0.15, 0.2) is 0 Å². The molecule has 0 unspecified atom stereocenters. The fraction of sp³-hybridized carbons (Fsp3) is 1.00. The van der Waals surface area contributed by atoms with Crippen LogP contribution < -0.4 is 0 Å². The van der Waals surface area contributed by atoms with Gasteiger partial charge in [-0.05, 0) is 44.8 Å². The first-order chi connectivity index (χ1) is 21.7. The van der Waals surface area contributed by atoms with E-state index in [1.165, 1.54) is 244 Å². The molecule has 1 heteroatoms. The van der Waals surface area contributed by atoms with Crippen molar-refractivity contribution >= 4 is 0 Å². The molecule has 0 aromatic carbocycles. The summed E-state index contributed by atoms with van der Waals surface area (Å²) in [5, 5.41) is 0. The molecule has 266 valence electrons.